The SMILES string of the molecule is Cc1nc2ccc(NC(=O)c3cnccn3)cc2nc1C. The third kappa shape index (κ3) is 2.69. The molecule has 0 atom stereocenters. The summed E-state index contributed by atoms with van der Waals surface area (Å²) in [5.74, 6) is -0.306. The van der Waals surface area contributed by atoms with E-state index >= 15 is 0 Å². The molecule has 1 amide bonds. The molecule has 0 unspecified atom stereocenters. The standard InChI is InChI=1S/C15H13N5O/c1-9-10(2)19-13-7-11(3-4-12(13)18-9)20-15(21)14-8-16-5-6-17-14/h3-8H,1-2H3,(H,20,21). The maximum Gasteiger partial charge on any atom is 0.275 e. The Kier molecular flexibility index (Phi) is 3.27. The Hall–Kier alpha value is -2.89. The summed E-state index contributed by atoms with van der Waals surface area (Å²) in [6.07, 6.45) is 4.42. The maximum absolute atomic E-state index is 12.0. The van der Waals surface area contributed by atoms with Gasteiger partial charge < -0.3 is 5.32 Å². The highest BCUT2D eigenvalue weighted by Crippen LogP contribution is 2.18. The van der Waals surface area contributed by atoms with Crippen molar-refractivity contribution in [1.82, 2.24) is 19.9 Å². The number of carbonyl (C=O) groups is 1. The van der Waals surface area contributed by atoms with E-state index in [1.165, 1.54) is 18.6 Å². The van der Waals surface area contributed by atoms with Gasteiger partial charge in [0.2, 0.25) is 0 Å². The van der Waals surface area contributed by atoms with Crippen LogP contribution in [0.1, 0.15) is 21.9 Å². The summed E-state index contributed by atoms with van der Waals surface area (Å²) in [4.78, 5) is 28.8. The summed E-state index contributed by atoms with van der Waals surface area (Å²) in [7, 11) is 0. The fourth-order valence-electron chi connectivity index (χ4n) is 1.92. The van der Waals surface area contributed by atoms with Gasteiger partial charge in [0.15, 0.2) is 0 Å². The number of amides is 1. The third-order valence-electron chi connectivity index (χ3n) is 3.13. The zero-order valence-corrected chi connectivity index (χ0v) is 11.7. The Labute approximate surface area is 121 Å². The Morgan fingerprint density at radius 3 is 2.52 bits per heavy atom. The summed E-state index contributed by atoms with van der Waals surface area (Å²) >= 11 is 0. The van der Waals surface area contributed by atoms with Crippen LogP contribution in [0.5, 0.6) is 0 Å². The van der Waals surface area contributed by atoms with Crippen molar-refractivity contribution < 1.29 is 4.79 Å². The molecule has 2 aromatic heterocycles. The second kappa shape index (κ2) is 5.24. The van der Waals surface area contributed by atoms with E-state index in [0.29, 0.717) is 5.69 Å². The molecule has 6 nitrogen and oxygen atoms in total. The molecular formula is C15H13N5O. The molecule has 0 saturated carbocycles. The van der Waals surface area contributed by atoms with E-state index in [2.05, 4.69) is 25.3 Å². The number of hydrogen-bond donors (Lipinski definition) is 1. The van der Waals surface area contributed by atoms with E-state index in [9.17, 15) is 4.79 Å². The van der Waals surface area contributed by atoms with Crippen molar-refractivity contribution in [3.63, 3.8) is 0 Å². The Bertz CT molecular complexity index is 817. The lowest BCUT2D eigenvalue weighted by Gasteiger charge is -2.07. The fourth-order valence-corrected chi connectivity index (χ4v) is 1.92. The molecule has 0 aliphatic rings. The molecule has 21 heavy (non-hydrogen) atoms. The van der Waals surface area contributed by atoms with E-state index < -0.39 is 0 Å². The molecule has 3 rings (SSSR count). The maximum atomic E-state index is 12.0. The van der Waals surface area contributed by atoms with E-state index in [-0.39, 0.29) is 11.6 Å². The summed E-state index contributed by atoms with van der Waals surface area (Å²) in [6, 6.07) is 5.42. The van der Waals surface area contributed by atoms with Crippen molar-refractivity contribution in [3.05, 3.63) is 53.9 Å². The number of aryl methyl sites for hydroxylation is 2. The van der Waals surface area contributed by atoms with Gasteiger partial charge in [-0.05, 0) is 32.0 Å². The predicted octanol–water partition coefficient (Wildman–Crippen LogP) is 2.29. The van der Waals surface area contributed by atoms with Crippen LogP contribution in [0.15, 0.2) is 36.8 Å². The lowest BCUT2D eigenvalue weighted by Crippen LogP contribution is -2.13. The number of anilines is 1. The van der Waals surface area contributed by atoms with Crippen LogP contribution in [-0.2, 0) is 0 Å². The van der Waals surface area contributed by atoms with Gasteiger partial charge in [-0.3, -0.25) is 9.78 Å². The monoisotopic (exact) mass is 279 g/mol. The van der Waals surface area contributed by atoms with Crippen LogP contribution in [0.3, 0.4) is 0 Å². The van der Waals surface area contributed by atoms with Gasteiger partial charge >= 0.3 is 0 Å². The first-order valence-corrected chi connectivity index (χ1v) is 6.46. The minimum absolute atomic E-state index is 0.267. The number of fused-ring (bicyclic) bond motifs is 1. The van der Waals surface area contributed by atoms with Crippen LogP contribution in [0.2, 0.25) is 0 Å². The molecule has 0 radical (unpaired) electrons. The zero-order chi connectivity index (χ0) is 14.8. The van der Waals surface area contributed by atoms with Gasteiger partial charge in [0.25, 0.3) is 5.91 Å². The van der Waals surface area contributed by atoms with Crippen molar-refractivity contribution in [2.24, 2.45) is 0 Å². The van der Waals surface area contributed by atoms with E-state index in [0.717, 1.165) is 22.4 Å². The normalized spacial score (nSPS) is 10.6. The van der Waals surface area contributed by atoms with Crippen LogP contribution < -0.4 is 5.32 Å². The number of aromatic nitrogens is 4. The lowest BCUT2D eigenvalue weighted by molar-refractivity contribution is 0.102. The highest BCUT2D eigenvalue weighted by molar-refractivity contribution is 6.03. The number of nitrogens with one attached hydrogen (secondary N) is 1. The van der Waals surface area contributed by atoms with Gasteiger partial charge in [-0.2, -0.15) is 0 Å². The van der Waals surface area contributed by atoms with Gasteiger partial charge in [-0.25, -0.2) is 15.0 Å². The van der Waals surface area contributed by atoms with Gasteiger partial charge in [-0.1, -0.05) is 0 Å². The largest absolute Gasteiger partial charge is 0.321 e. The average molecular weight is 279 g/mol. The van der Waals surface area contributed by atoms with Crippen molar-refractivity contribution >= 4 is 22.6 Å². The minimum atomic E-state index is -0.306. The molecule has 0 fully saturated rings. The molecule has 0 spiro atoms. The lowest BCUT2D eigenvalue weighted by atomic mass is 10.2. The Balaban J connectivity index is 1.91. The second-order valence-electron chi connectivity index (χ2n) is 4.64. The molecule has 0 saturated heterocycles. The molecule has 3 aromatic rings. The van der Waals surface area contributed by atoms with Gasteiger partial charge in [0, 0.05) is 18.1 Å². The number of rotatable bonds is 2. The van der Waals surface area contributed by atoms with E-state index in [4.69, 9.17) is 0 Å². The molecular weight excluding hydrogens is 266 g/mol. The molecule has 0 aliphatic carbocycles. The highest BCUT2D eigenvalue weighted by atomic mass is 16.1. The smallest absolute Gasteiger partial charge is 0.275 e. The van der Waals surface area contributed by atoms with Crippen molar-refractivity contribution in [1.29, 1.82) is 0 Å². The number of carbonyl (C=O) groups excluding carboxylic acids is 1. The van der Waals surface area contributed by atoms with Crippen LogP contribution in [-0.4, -0.2) is 25.8 Å². The fraction of sp³-hybridized carbons (Fsp3) is 0.133. The van der Waals surface area contributed by atoms with Gasteiger partial charge in [0.1, 0.15) is 5.69 Å². The summed E-state index contributed by atoms with van der Waals surface area (Å²) in [5, 5.41) is 2.78. The number of benzene rings is 1. The molecule has 104 valence electrons. The highest BCUT2D eigenvalue weighted by Gasteiger charge is 2.08. The van der Waals surface area contributed by atoms with Gasteiger partial charge in [-0.15, -0.1) is 0 Å². The number of hydrogen-bond acceptors (Lipinski definition) is 5. The first kappa shape index (κ1) is 13.1. The molecule has 1 aromatic carbocycles. The quantitative estimate of drug-likeness (QED) is 0.778. The minimum Gasteiger partial charge on any atom is -0.321 e. The molecule has 0 aliphatic heterocycles. The zero-order valence-electron chi connectivity index (χ0n) is 11.7. The van der Waals surface area contributed by atoms with Crippen LogP contribution in [0, 0.1) is 13.8 Å². The second-order valence-corrected chi connectivity index (χ2v) is 4.64. The van der Waals surface area contributed by atoms with Crippen LogP contribution in [0.4, 0.5) is 5.69 Å². The topological polar surface area (TPSA) is 80.7 Å². The van der Waals surface area contributed by atoms with Crippen molar-refractivity contribution in [2.75, 3.05) is 5.32 Å². The van der Waals surface area contributed by atoms with Crippen LogP contribution in [0.25, 0.3) is 11.0 Å². The predicted molar refractivity (Wildman–Crippen MR) is 79.0 cm³/mol. The van der Waals surface area contributed by atoms with E-state index in [1.54, 1.807) is 12.1 Å². The summed E-state index contributed by atoms with van der Waals surface area (Å²) < 4.78 is 0. The summed E-state index contributed by atoms with van der Waals surface area (Å²) in [5.41, 5.74) is 4.24. The molecule has 6 heteroatoms. The first-order valence-electron chi connectivity index (χ1n) is 6.46. The molecule has 1 N–H and O–H groups in total. The first-order chi connectivity index (χ1) is 10.1. The van der Waals surface area contributed by atoms with Crippen molar-refractivity contribution in [2.45, 2.75) is 13.8 Å². The number of nitrogens with zero attached hydrogens (tertiary/aromatic N) is 4. The van der Waals surface area contributed by atoms with Gasteiger partial charge in [0.05, 0.1) is 28.6 Å². The summed E-state index contributed by atoms with van der Waals surface area (Å²) in [6.45, 7) is 3.83. The Morgan fingerprint density at radius 1 is 1.05 bits per heavy atom. The third-order valence-corrected chi connectivity index (χ3v) is 3.13. The van der Waals surface area contributed by atoms with Crippen LogP contribution >= 0.6 is 0 Å². The average Bonchev–Trinajstić information content (AvgIpc) is 2.49. The van der Waals surface area contributed by atoms with Crippen molar-refractivity contribution in [3.8, 4) is 0 Å². The Morgan fingerprint density at radius 2 is 1.81 bits per heavy atom. The van der Waals surface area contributed by atoms with E-state index in [1.807, 2.05) is 19.9 Å². The molecule has 0 bridgehead atoms. The molecule has 2 heterocycles.